The van der Waals surface area contributed by atoms with E-state index in [2.05, 4.69) is 4.90 Å². The number of aromatic hydroxyl groups is 1. The van der Waals surface area contributed by atoms with Crippen molar-refractivity contribution in [2.75, 3.05) is 32.7 Å². The molecule has 1 saturated heterocycles. The van der Waals surface area contributed by atoms with E-state index in [1.807, 2.05) is 6.92 Å². The molecule has 0 spiro atoms. The van der Waals surface area contributed by atoms with Crippen LogP contribution >= 0.6 is 11.6 Å². The number of piperazine rings is 1. The molecule has 0 aliphatic carbocycles. The van der Waals surface area contributed by atoms with Crippen molar-refractivity contribution in [3.63, 3.8) is 0 Å². The Labute approximate surface area is 126 Å². The molecule has 1 heterocycles. The molecule has 1 aliphatic rings. The number of nitrogens with zero attached hydrogens (tertiary/aromatic N) is 2. The van der Waals surface area contributed by atoms with E-state index < -0.39 is 12.7 Å². The van der Waals surface area contributed by atoms with Gasteiger partial charge in [0.25, 0.3) is 0 Å². The zero-order valence-corrected chi connectivity index (χ0v) is 12.5. The van der Waals surface area contributed by atoms with Crippen molar-refractivity contribution >= 4 is 11.6 Å². The second kappa shape index (κ2) is 6.42. The molecular formula is C14H18ClF3N2O. The van der Waals surface area contributed by atoms with Gasteiger partial charge in [-0.15, -0.1) is 0 Å². The summed E-state index contributed by atoms with van der Waals surface area (Å²) < 4.78 is 37.1. The normalized spacial score (nSPS) is 19.7. The fraction of sp³-hybridized carbons (Fsp3) is 0.571. The molecule has 1 atom stereocenters. The van der Waals surface area contributed by atoms with Gasteiger partial charge in [0.1, 0.15) is 5.75 Å². The summed E-state index contributed by atoms with van der Waals surface area (Å²) in [7, 11) is 0. The van der Waals surface area contributed by atoms with E-state index >= 15 is 0 Å². The second-order valence-corrected chi connectivity index (χ2v) is 5.74. The number of phenols is 1. The maximum absolute atomic E-state index is 12.4. The van der Waals surface area contributed by atoms with E-state index in [9.17, 15) is 18.3 Å². The minimum atomic E-state index is -4.15. The first-order chi connectivity index (χ1) is 9.76. The van der Waals surface area contributed by atoms with Gasteiger partial charge in [0.15, 0.2) is 0 Å². The molecule has 1 fully saturated rings. The summed E-state index contributed by atoms with van der Waals surface area (Å²) >= 11 is 5.93. The van der Waals surface area contributed by atoms with Gasteiger partial charge in [0, 0.05) is 42.8 Å². The molecule has 118 valence electrons. The van der Waals surface area contributed by atoms with Crippen molar-refractivity contribution in [2.24, 2.45) is 0 Å². The maximum atomic E-state index is 12.4. The Morgan fingerprint density at radius 2 is 1.86 bits per heavy atom. The number of hydrogen-bond acceptors (Lipinski definition) is 3. The van der Waals surface area contributed by atoms with Gasteiger partial charge in [-0.05, 0) is 25.1 Å². The minimum Gasteiger partial charge on any atom is -0.508 e. The second-order valence-electron chi connectivity index (χ2n) is 5.31. The number of benzene rings is 1. The SMILES string of the molecule is CC(c1cc(Cl)ccc1O)N1CCN(CC(F)(F)F)CC1. The highest BCUT2D eigenvalue weighted by Gasteiger charge is 2.33. The van der Waals surface area contributed by atoms with E-state index in [-0.39, 0.29) is 11.8 Å². The van der Waals surface area contributed by atoms with Crippen LogP contribution < -0.4 is 0 Å². The molecule has 7 heteroatoms. The van der Waals surface area contributed by atoms with Gasteiger partial charge in [-0.25, -0.2) is 0 Å². The zero-order valence-electron chi connectivity index (χ0n) is 11.7. The van der Waals surface area contributed by atoms with Gasteiger partial charge in [-0.1, -0.05) is 11.6 Å². The van der Waals surface area contributed by atoms with Crippen LogP contribution in [0.3, 0.4) is 0 Å². The quantitative estimate of drug-likeness (QED) is 0.925. The van der Waals surface area contributed by atoms with Crippen LogP contribution in [0.1, 0.15) is 18.5 Å². The standard InChI is InChI=1S/C14H18ClF3N2O/c1-10(12-8-11(15)2-3-13(12)21)20-6-4-19(5-7-20)9-14(16,17)18/h2-3,8,10,21H,4-7,9H2,1H3. The molecule has 2 rings (SSSR count). The van der Waals surface area contributed by atoms with Gasteiger partial charge in [-0.2, -0.15) is 13.2 Å². The summed E-state index contributed by atoms with van der Waals surface area (Å²) in [5.41, 5.74) is 0.701. The van der Waals surface area contributed by atoms with Crippen molar-refractivity contribution in [3.05, 3.63) is 28.8 Å². The first-order valence-corrected chi connectivity index (χ1v) is 7.15. The van der Waals surface area contributed by atoms with Crippen molar-refractivity contribution < 1.29 is 18.3 Å². The van der Waals surface area contributed by atoms with Crippen LogP contribution in [-0.2, 0) is 0 Å². The maximum Gasteiger partial charge on any atom is 0.401 e. The average molecular weight is 323 g/mol. The third-order valence-corrected chi connectivity index (χ3v) is 4.03. The highest BCUT2D eigenvalue weighted by atomic mass is 35.5. The van der Waals surface area contributed by atoms with Gasteiger partial charge >= 0.3 is 6.18 Å². The first-order valence-electron chi connectivity index (χ1n) is 6.78. The predicted octanol–water partition coefficient (Wildman–Crippen LogP) is 3.29. The van der Waals surface area contributed by atoms with Crippen LogP contribution in [0, 0.1) is 0 Å². The lowest BCUT2D eigenvalue weighted by Gasteiger charge is -2.38. The lowest BCUT2D eigenvalue weighted by Crippen LogP contribution is -2.49. The third-order valence-electron chi connectivity index (χ3n) is 3.80. The Kier molecular flexibility index (Phi) is 5.01. The molecule has 0 bridgehead atoms. The Hall–Kier alpha value is -0.980. The van der Waals surface area contributed by atoms with Gasteiger partial charge in [0.2, 0.25) is 0 Å². The highest BCUT2D eigenvalue weighted by molar-refractivity contribution is 6.30. The molecule has 1 unspecified atom stereocenters. The van der Waals surface area contributed by atoms with Crippen molar-refractivity contribution in [1.82, 2.24) is 9.80 Å². The average Bonchev–Trinajstić information content (AvgIpc) is 2.40. The van der Waals surface area contributed by atoms with Gasteiger partial charge in [0.05, 0.1) is 6.54 Å². The van der Waals surface area contributed by atoms with Crippen LogP contribution in [0.5, 0.6) is 5.75 Å². The largest absolute Gasteiger partial charge is 0.508 e. The molecule has 0 aromatic heterocycles. The number of rotatable bonds is 3. The van der Waals surface area contributed by atoms with E-state index in [1.165, 1.54) is 11.0 Å². The van der Waals surface area contributed by atoms with Crippen LogP contribution in [0.15, 0.2) is 18.2 Å². The fourth-order valence-electron chi connectivity index (χ4n) is 2.62. The summed E-state index contributed by atoms with van der Waals surface area (Å²) in [6.07, 6.45) is -4.15. The van der Waals surface area contributed by atoms with Gasteiger partial charge in [-0.3, -0.25) is 9.80 Å². The Balaban J connectivity index is 1.97. The zero-order chi connectivity index (χ0) is 15.6. The molecule has 1 N–H and O–H groups in total. The van der Waals surface area contributed by atoms with Crippen molar-refractivity contribution in [2.45, 2.75) is 19.1 Å². The number of alkyl halides is 3. The lowest BCUT2D eigenvalue weighted by atomic mass is 10.0. The molecule has 0 radical (unpaired) electrons. The molecule has 3 nitrogen and oxygen atoms in total. The molecule has 1 aliphatic heterocycles. The Morgan fingerprint density at radius 3 is 2.43 bits per heavy atom. The van der Waals surface area contributed by atoms with Crippen LogP contribution in [0.4, 0.5) is 13.2 Å². The predicted molar refractivity (Wildman–Crippen MR) is 75.6 cm³/mol. The Morgan fingerprint density at radius 1 is 1.24 bits per heavy atom. The van der Waals surface area contributed by atoms with E-state index in [0.717, 1.165) is 0 Å². The summed E-state index contributed by atoms with van der Waals surface area (Å²) in [4.78, 5) is 3.46. The first kappa shape index (κ1) is 16.4. The summed E-state index contributed by atoms with van der Waals surface area (Å²) in [6, 6.07) is 4.75. The van der Waals surface area contributed by atoms with Crippen molar-refractivity contribution in [1.29, 1.82) is 0 Å². The topological polar surface area (TPSA) is 26.7 Å². The van der Waals surface area contributed by atoms with Crippen LogP contribution in [0.25, 0.3) is 0 Å². The van der Waals surface area contributed by atoms with E-state index in [0.29, 0.717) is 36.8 Å². The monoisotopic (exact) mass is 322 g/mol. The van der Waals surface area contributed by atoms with E-state index in [1.54, 1.807) is 12.1 Å². The van der Waals surface area contributed by atoms with E-state index in [4.69, 9.17) is 11.6 Å². The number of halogens is 4. The summed E-state index contributed by atoms with van der Waals surface area (Å²) in [5.74, 6) is 0.157. The minimum absolute atomic E-state index is 0.0864. The lowest BCUT2D eigenvalue weighted by molar-refractivity contribution is -0.149. The summed E-state index contributed by atoms with van der Waals surface area (Å²) in [5, 5.41) is 10.4. The molecule has 1 aromatic rings. The van der Waals surface area contributed by atoms with Gasteiger partial charge < -0.3 is 5.11 Å². The molecular weight excluding hydrogens is 305 g/mol. The molecule has 0 saturated carbocycles. The Bertz CT molecular complexity index is 488. The smallest absolute Gasteiger partial charge is 0.401 e. The fourth-order valence-corrected chi connectivity index (χ4v) is 2.80. The highest BCUT2D eigenvalue weighted by Crippen LogP contribution is 2.31. The molecule has 1 aromatic carbocycles. The number of hydrogen-bond donors (Lipinski definition) is 1. The molecule has 0 amide bonds. The van der Waals surface area contributed by atoms with Crippen LogP contribution in [0.2, 0.25) is 5.02 Å². The number of phenolic OH excluding ortho intramolecular Hbond substituents is 1. The van der Waals surface area contributed by atoms with Crippen molar-refractivity contribution in [3.8, 4) is 5.75 Å². The van der Waals surface area contributed by atoms with Crippen LogP contribution in [-0.4, -0.2) is 53.8 Å². The third kappa shape index (κ3) is 4.49. The molecule has 21 heavy (non-hydrogen) atoms. The summed E-state index contributed by atoms with van der Waals surface area (Å²) in [6.45, 7) is 2.85.